The molecule has 23 heavy (non-hydrogen) atoms. The summed E-state index contributed by atoms with van der Waals surface area (Å²) in [7, 11) is 1.82. The first-order chi connectivity index (χ1) is 11.1. The summed E-state index contributed by atoms with van der Waals surface area (Å²) in [5, 5.41) is 8.82. The zero-order chi connectivity index (χ0) is 16.2. The third-order valence-electron chi connectivity index (χ3n) is 3.84. The van der Waals surface area contributed by atoms with E-state index in [9.17, 15) is 4.79 Å². The molecule has 0 aromatic heterocycles. The SMILES string of the molecule is CN(CCC=C1c2ccccc2Oc2ccccc21)CC(=O)O. The minimum Gasteiger partial charge on any atom is -0.480 e. The number of para-hydroxylation sites is 2. The molecule has 0 unspecified atom stereocenters. The van der Waals surface area contributed by atoms with Gasteiger partial charge < -0.3 is 9.84 Å². The molecule has 0 amide bonds. The van der Waals surface area contributed by atoms with E-state index in [-0.39, 0.29) is 6.54 Å². The number of carbonyl (C=O) groups is 1. The predicted octanol–water partition coefficient (Wildman–Crippen LogP) is 3.63. The first kappa shape index (κ1) is 15.3. The minimum absolute atomic E-state index is 0.0550. The van der Waals surface area contributed by atoms with Crippen molar-refractivity contribution in [3.8, 4) is 11.5 Å². The number of hydrogen-bond acceptors (Lipinski definition) is 3. The first-order valence-corrected chi connectivity index (χ1v) is 7.62. The molecule has 3 rings (SSSR count). The number of benzene rings is 2. The molecule has 1 aliphatic rings. The molecule has 0 saturated heterocycles. The van der Waals surface area contributed by atoms with Crippen molar-refractivity contribution in [2.24, 2.45) is 0 Å². The second kappa shape index (κ2) is 6.67. The van der Waals surface area contributed by atoms with Crippen molar-refractivity contribution in [2.45, 2.75) is 6.42 Å². The van der Waals surface area contributed by atoms with E-state index < -0.39 is 5.97 Å². The Morgan fingerprint density at radius 1 is 1.09 bits per heavy atom. The van der Waals surface area contributed by atoms with Gasteiger partial charge in [0, 0.05) is 17.7 Å². The number of ether oxygens (including phenoxy) is 1. The molecule has 118 valence electrons. The van der Waals surface area contributed by atoms with Crippen molar-refractivity contribution in [2.75, 3.05) is 20.1 Å². The van der Waals surface area contributed by atoms with Crippen LogP contribution in [-0.2, 0) is 4.79 Å². The van der Waals surface area contributed by atoms with E-state index in [1.807, 2.05) is 43.4 Å². The van der Waals surface area contributed by atoms with Crippen LogP contribution in [-0.4, -0.2) is 36.1 Å². The average Bonchev–Trinajstić information content (AvgIpc) is 2.53. The van der Waals surface area contributed by atoms with Gasteiger partial charge in [-0.3, -0.25) is 9.69 Å². The maximum absolute atomic E-state index is 10.7. The maximum Gasteiger partial charge on any atom is 0.317 e. The Labute approximate surface area is 135 Å². The standard InChI is InChI=1S/C19H19NO3/c1-20(13-19(21)22)12-6-9-14-15-7-2-4-10-17(15)23-18-11-5-3-8-16(14)18/h2-5,7-11H,6,12-13H2,1H3,(H,21,22). The Hall–Kier alpha value is -2.59. The van der Waals surface area contributed by atoms with Gasteiger partial charge >= 0.3 is 5.97 Å². The van der Waals surface area contributed by atoms with E-state index in [0.717, 1.165) is 34.6 Å². The smallest absolute Gasteiger partial charge is 0.317 e. The lowest BCUT2D eigenvalue weighted by atomic mass is 9.93. The fourth-order valence-electron chi connectivity index (χ4n) is 2.78. The normalized spacial score (nSPS) is 12.3. The highest BCUT2D eigenvalue weighted by molar-refractivity contribution is 5.87. The van der Waals surface area contributed by atoms with Gasteiger partial charge in [-0.2, -0.15) is 0 Å². The number of carboxylic acids is 1. The van der Waals surface area contributed by atoms with Gasteiger partial charge in [0.25, 0.3) is 0 Å². The molecule has 0 spiro atoms. The fraction of sp³-hybridized carbons (Fsp3) is 0.211. The first-order valence-electron chi connectivity index (χ1n) is 7.62. The summed E-state index contributed by atoms with van der Waals surface area (Å²) < 4.78 is 5.96. The van der Waals surface area contributed by atoms with E-state index >= 15 is 0 Å². The predicted molar refractivity (Wildman–Crippen MR) is 89.8 cm³/mol. The quantitative estimate of drug-likeness (QED) is 0.782. The summed E-state index contributed by atoms with van der Waals surface area (Å²) >= 11 is 0. The molecule has 2 aromatic rings. The second-order valence-corrected chi connectivity index (χ2v) is 5.63. The third-order valence-corrected chi connectivity index (χ3v) is 3.84. The number of carboxylic acid groups (broad SMARTS) is 1. The molecular formula is C19H19NO3. The Balaban J connectivity index is 1.86. The molecule has 4 heteroatoms. The monoisotopic (exact) mass is 309 g/mol. The molecule has 0 saturated carbocycles. The number of fused-ring (bicyclic) bond motifs is 2. The number of hydrogen-bond donors (Lipinski definition) is 1. The Bertz CT molecular complexity index is 704. The van der Waals surface area contributed by atoms with Crippen LogP contribution in [0.5, 0.6) is 11.5 Å². The van der Waals surface area contributed by atoms with Gasteiger partial charge in [-0.15, -0.1) is 0 Å². The topological polar surface area (TPSA) is 49.8 Å². The lowest BCUT2D eigenvalue weighted by Crippen LogP contribution is -2.26. The lowest BCUT2D eigenvalue weighted by molar-refractivity contribution is -0.137. The fourth-order valence-corrected chi connectivity index (χ4v) is 2.78. The molecule has 0 atom stereocenters. The van der Waals surface area contributed by atoms with Crippen LogP contribution in [0.3, 0.4) is 0 Å². The lowest BCUT2D eigenvalue weighted by Gasteiger charge is -2.23. The Kier molecular flexibility index (Phi) is 4.44. The molecule has 0 aliphatic carbocycles. The third kappa shape index (κ3) is 3.43. The molecule has 1 heterocycles. The van der Waals surface area contributed by atoms with Crippen LogP contribution in [0.15, 0.2) is 54.6 Å². The Morgan fingerprint density at radius 3 is 2.22 bits per heavy atom. The minimum atomic E-state index is -0.804. The van der Waals surface area contributed by atoms with Crippen LogP contribution < -0.4 is 4.74 Å². The highest BCUT2D eigenvalue weighted by Crippen LogP contribution is 2.43. The molecular weight excluding hydrogens is 290 g/mol. The van der Waals surface area contributed by atoms with E-state index in [1.165, 1.54) is 0 Å². The van der Waals surface area contributed by atoms with Crippen LogP contribution in [0.1, 0.15) is 17.5 Å². The van der Waals surface area contributed by atoms with E-state index in [1.54, 1.807) is 4.90 Å². The van der Waals surface area contributed by atoms with Crippen molar-refractivity contribution in [3.05, 3.63) is 65.7 Å². The van der Waals surface area contributed by atoms with Gasteiger partial charge in [0.2, 0.25) is 0 Å². The average molecular weight is 309 g/mol. The summed E-state index contributed by atoms with van der Waals surface area (Å²) in [5.41, 5.74) is 3.30. The van der Waals surface area contributed by atoms with Crippen LogP contribution in [0, 0.1) is 0 Å². The van der Waals surface area contributed by atoms with Crippen molar-refractivity contribution in [1.82, 2.24) is 4.90 Å². The molecule has 1 N–H and O–H groups in total. The summed E-state index contributed by atoms with van der Waals surface area (Å²) in [5.74, 6) is 0.912. The van der Waals surface area contributed by atoms with Gasteiger partial charge in [-0.05, 0) is 31.2 Å². The molecule has 0 radical (unpaired) electrons. The van der Waals surface area contributed by atoms with Crippen LogP contribution in [0.25, 0.3) is 5.57 Å². The Morgan fingerprint density at radius 2 is 1.65 bits per heavy atom. The molecule has 0 bridgehead atoms. The van der Waals surface area contributed by atoms with Crippen LogP contribution in [0.4, 0.5) is 0 Å². The summed E-state index contributed by atoms with van der Waals surface area (Å²) in [6.07, 6.45) is 2.94. The van der Waals surface area contributed by atoms with Crippen molar-refractivity contribution in [1.29, 1.82) is 0 Å². The van der Waals surface area contributed by atoms with Crippen LogP contribution in [0.2, 0.25) is 0 Å². The van der Waals surface area contributed by atoms with Crippen LogP contribution >= 0.6 is 0 Å². The van der Waals surface area contributed by atoms with Gasteiger partial charge in [-0.1, -0.05) is 42.5 Å². The largest absolute Gasteiger partial charge is 0.480 e. The van der Waals surface area contributed by atoms with Crippen molar-refractivity contribution < 1.29 is 14.6 Å². The number of rotatable bonds is 5. The summed E-state index contributed by atoms with van der Waals surface area (Å²) in [6, 6.07) is 16.0. The molecule has 2 aromatic carbocycles. The highest BCUT2D eigenvalue weighted by Gasteiger charge is 2.20. The van der Waals surface area contributed by atoms with Gasteiger partial charge in [0.05, 0.1) is 6.54 Å². The van der Waals surface area contributed by atoms with Crippen molar-refractivity contribution in [3.63, 3.8) is 0 Å². The zero-order valence-corrected chi connectivity index (χ0v) is 13.0. The van der Waals surface area contributed by atoms with E-state index in [0.29, 0.717) is 6.54 Å². The summed E-state index contributed by atoms with van der Waals surface area (Å²) in [4.78, 5) is 12.5. The van der Waals surface area contributed by atoms with E-state index in [2.05, 4.69) is 18.2 Å². The maximum atomic E-state index is 10.7. The van der Waals surface area contributed by atoms with Gasteiger partial charge in [-0.25, -0.2) is 0 Å². The zero-order valence-electron chi connectivity index (χ0n) is 13.0. The molecule has 1 aliphatic heterocycles. The van der Waals surface area contributed by atoms with Gasteiger partial charge in [0.1, 0.15) is 11.5 Å². The van der Waals surface area contributed by atoms with Crippen molar-refractivity contribution >= 4 is 11.5 Å². The highest BCUT2D eigenvalue weighted by atomic mass is 16.5. The van der Waals surface area contributed by atoms with Gasteiger partial charge in [0.15, 0.2) is 0 Å². The van der Waals surface area contributed by atoms with E-state index in [4.69, 9.17) is 9.84 Å². The second-order valence-electron chi connectivity index (χ2n) is 5.63. The molecule has 4 nitrogen and oxygen atoms in total. The molecule has 0 fully saturated rings. The number of likely N-dealkylation sites (N-methyl/N-ethyl adjacent to an activating group) is 1. The number of nitrogens with zero attached hydrogens (tertiary/aromatic N) is 1. The number of aliphatic carboxylic acids is 1. The summed E-state index contributed by atoms with van der Waals surface area (Å²) in [6.45, 7) is 0.750.